The molecule has 4 heteroatoms. The van der Waals surface area contributed by atoms with Gasteiger partial charge in [-0.25, -0.2) is 0 Å². The van der Waals surface area contributed by atoms with Crippen molar-refractivity contribution < 1.29 is 4.74 Å². The van der Waals surface area contributed by atoms with Crippen LogP contribution in [0.2, 0.25) is 5.02 Å². The predicted octanol–water partition coefficient (Wildman–Crippen LogP) is 4.33. The first-order valence-corrected chi connectivity index (χ1v) is 7.97. The van der Waals surface area contributed by atoms with Crippen LogP contribution < -0.4 is 15.4 Å². The molecule has 118 valence electrons. The molecule has 0 aliphatic heterocycles. The molecule has 0 atom stereocenters. The van der Waals surface area contributed by atoms with Gasteiger partial charge in [-0.15, -0.1) is 0 Å². The maximum absolute atomic E-state index is 6.09. The Hall–Kier alpha value is -1.71. The molecule has 2 aromatic carbocycles. The lowest BCUT2D eigenvalue weighted by atomic mass is 10.2. The van der Waals surface area contributed by atoms with Gasteiger partial charge in [0.2, 0.25) is 0 Å². The average molecular weight is 319 g/mol. The molecule has 2 rings (SSSR count). The molecule has 2 N–H and O–H groups in total. The summed E-state index contributed by atoms with van der Waals surface area (Å²) in [5.74, 6) is 0.916. The molecule has 0 amide bonds. The molecule has 0 saturated heterocycles. The smallest absolute Gasteiger partial charge is 0.119 e. The number of halogens is 1. The van der Waals surface area contributed by atoms with E-state index in [0.29, 0.717) is 0 Å². The highest BCUT2D eigenvalue weighted by Gasteiger charge is 1.99. The lowest BCUT2D eigenvalue weighted by Crippen LogP contribution is -2.21. The summed E-state index contributed by atoms with van der Waals surface area (Å²) in [7, 11) is 0. The van der Waals surface area contributed by atoms with Gasteiger partial charge in [0.1, 0.15) is 5.75 Å². The Kier molecular flexibility index (Phi) is 6.56. The van der Waals surface area contributed by atoms with Crippen molar-refractivity contribution in [2.45, 2.75) is 26.5 Å². The largest absolute Gasteiger partial charge is 0.491 e. The third kappa shape index (κ3) is 5.58. The minimum atomic E-state index is 0.208. The van der Waals surface area contributed by atoms with Crippen molar-refractivity contribution in [1.82, 2.24) is 5.32 Å². The van der Waals surface area contributed by atoms with Crippen LogP contribution in [0.3, 0.4) is 0 Å². The molecule has 0 radical (unpaired) electrons. The summed E-state index contributed by atoms with van der Waals surface area (Å²) >= 11 is 6.09. The van der Waals surface area contributed by atoms with Gasteiger partial charge in [0, 0.05) is 19.6 Å². The Morgan fingerprint density at radius 3 is 2.41 bits per heavy atom. The summed E-state index contributed by atoms with van der Waals surface area (Å²) in [6.07, 6.45) is 0.208. The van der Waals surface area contributed by atoms with E-state index in [1.807, 2.05) is 50.2 Å². The molecule has 0 fully saturated rings. The topological polar surface area (TPSA) is 33.3 Å². The van der Waals surface area contributed by atoms with Crippen LogP contribution in [0.15, 0.2) is 48.5 Å². The van der Waals surface area contributed by atoms with Crippen molar-refractivity contribution >= 4 is 17.3 Å². The van der Waals surface area contributed by atoms with Crippen molar-refractivity contribution in [2.75, 3.05) is 18.4 Å². The second-order valence-electron chi connectivity index (χ2n) is 5.39. The summed E-state index contributed by atoms with van der Waals surface area (Å²) in [5.41, 5.74) is 2.22. The third-order valence-corrected chi connectivity index (χ3v) is 3.44. The molecule has 22 heavy (non-hydrogen) atoms. The molecule has 0 unspecified atom stereocenters. The van der Waals surface area contributed by atoms with Gasteiger partial charge in [0.25, 0.3) is 0 Å². The van der Waals surface area contributed by atoms with Crippen LogP contribution in [-0.4, -0.2) is 19.2 Å². The SMILES string of the molecule is CC(C)Oc1ccc(CNCCNc2ccccc2Cl)cc1. The third-order valence-electron chi connectivity index (χ3n) is 3.12. The van der Waals surface area contributed by atoms with Crippen LogP contribution in [0.4, 0.5) is 5.69 Å². The molecule has 0 heterocycles. The minimum absolute atomic E-state index is 0.208. The maximum Gasteiger partial charge on any atom is 0.119 e. The van der Waals surface area contributed by atoms with E-state index in [0.717, 1.165) is 36.1 Å². The number of hydrogen-bond donors (Lipinski definition) is 2. The zero-order valence-corrected chi connectivity index (χ0v) is 13.9. The van der Waals surface area contributed by atoms with Crippen LogP contribution >= 0.6 is 11.6 Å². The first-order valence-electron chi connectivity index (χ1n) is 7.60. The highest BCUT2D eigenvalue weighted by Crippen LogP contribution is 2.19. The van der Waals surface area contributed by atoms with Gasteiger partial charge in [0.15, 0.2) is 0 Å². The van der Waals surface area contributed by atoms with E-state index in [2.05, 4.69) is 22.8 Å². The number of ether oxygens (including phenoxy) is 1. The second kappa shape index (κ2) is 8.66. The molecule has 2 aromatic rings. The molecule has 0 bridgehead atoms. The van der Waals surface area contributed by atoms with E-state index in [1.165, 1.54) is 5.56 Å². The number of rotatable bonds is 8. The van der Waals surface area contributed by atoms with Gasteiger partial charge in [-0.3, -0.25) is 0 Å². The summed E-state index contributed by atoms with van der Waals surface area (Å²) in [4.78, 5) is 0. The Labute approximate surface area is 137 Å². The zero-order chi connectivity index (χ0) is 15.8. The van der Waals surface area contributed by atoms with Gasteiger partial charge in [0.05, 0.1) is 16.8 Å². The average Bonchev–Trinajstić information content (AvgIpc) is 2.50. The molecule has 3 nitrogen and oxygen atoms in total. The predicted molar refractivity (Wildman–Crippen MR) is 93.9 cm³/mol. The normalized spacial score (nSPS) is 10.7. The number of anilines is 1. The molecular formula is C18H23ClN2O. The number of hydrogen-bond acceptors (Lipinski definition) is 3. The van der Waals surface area contributed by atoms with Gasteiger partial charge >= 0.3 is 0 Å². The molecule has 0 aliphatic carbocycles. The zero-order valence-electron chi connectivity index (χ0n) is 13.1. The Morgan fingerprint density at radius 2 is 1.73 bits per heavy atom. The summed E-state index contributed by atoms with van der Waals surface area (Å²) in [6.45, 7) is 6.60. The van der Waals surface area contributed by atoms with Crippen LogP contribution in [-0.2, 0) is 6.54 Å². The van der Waals surface area contributed by atoms with E-state index in [-0.39, 0.29) is 6.10 Å². The van der Waals surface area contributed by atoms with Gasteiger partial charge in [-0.1, -0.05) is 35.9 Å². The minimum Gasteiger partial charge on any atom is -0.491 e. The van der Waals surface area contributed by atoms with E-state index in [1.54, 1.807) is 0 Å². The van der Waals surface area contributed by atoms with Crippen molar-refractivity contribution in [3.8, 4) is 5.75 Å². The second-order valence-corrected chi connectivity index (χ2v) is 5.80. The standard InChI is InChI=1S/C18H23ClN2O/c1-14(2)22-16-9-7-15(8-10-16)13-20-11-12-21-18-6-4-3-5-17(18)19/h3-10,14,20-21H,11-13H2,1-2H3. The van der Waals surface area contributed by atoms with Crippen LogP contribution in [0, 0.1) is 0 Å². The van der Waals surface area contributed by atoms with Crippen molar-refractivity contribution in [3.05, 3.63) is 59.1 Å². The Morgan fingerprint density at radius 1 is 1.00 bits per heavy atom. The lowest BCUT2D eigenvalue weighted by Gasteiger charge is -2.11. The van der Waals surface area contributed by atoms with E-state index >= 15 is 0 Å². The van der Waals surface area contributed by atoms with Gasteiger partial charge in [-0.05, 0) is 43.7 Å². The van der Waals surface area contributed by atoms with Crippen molar-refractivity contribution in [3.63, 3.8) is 0 Å². The number of para-hydroxylation sites is 1. The maximum atomic E-state index is 6.09. The van der Waals surface area contributed by atoms with E-state index < -0.39 is 0 Å². The molecule has 0 saturated carbocycles. The fraction of sp³-hybridized carbons (Fsp3) is 0.333. The quantitative estimate of drug-likeness (QED) is 0.711. The monoisotopic (exact) mass is 318 g/mol. The first kappa shape index (κ1) is 16.7. The Bertz CT molecular complexity index is 570. The molecular weight excluding hydrogens is 296 g/mol. The lowest BCUT2D eigenvalue weighted by molar-refractivity contribution is 0.242. The summed E-state index contributed by atoms with van der Waals surface area (Å²) in [5, 5.41) is 7.47. The van der Waals surface area contributed by atoms with Crippen LogP contribution in [0.5, 0.6) is 5.75 Å². The van der Waals surface area contributed by atoms with Gasteiger partial charge < -0.3 is 15.4 Å². The molecule has 0 spiro atoms. The highest BCUT2D eigenvalue weighted by molar-refractivity contribution is 6.33. The van der Waals surface area contributed by atoms with Crippen molar-refractivity contribution in [1.29, 1.82) is 0 Å². The van der Waals surface area contributed by atoms with Crippen molar-refractivity contribution in [2.24, 2.45) is 0 Å². The molecule has 0 aliphatic rings. The van der Waals surface area contributed by atoms with Crippen LogP contribution in [0.25, 0.3) is 0 Å². The van der Waals surface area contributed by atoms with E-state index in [4.69, 9.17) is 16.3 Å². The summed E-state index contributed by atoms with van der Waals surface area (Å²) in [6, 6.07) is 16.0. The molecule has 0 aromatic heterocycles. The van der Waals surface area contributed by atoms with Gasteiger partial charge in [-0.2, -0.15) is 0 Å². The highest BCUT2D eigenvalue weighted by atomic mass is 35.5. The first-order chi connectivity index (χ1) is 10.6. The number of nitrogens with one attached hydrogen (secondary N) is 2. The number of benzene rings is 2. The Balaban J connectivity index is 1.67. The fourth-order valence-corrected chi connectivity index (χ4v) is 2.28. The fourth-order valence-electron chi connectivity index (χ4n) is 2.08. The van der Waals surface area contributed by atoms with E-state index in [9.17, 15) is 0 Å². The van der Waals surface area contributed by atoms with Crippen LogP contribution in [0.1, 0.15) is 19.4 Å². The summed E-state index contributed by atoms with van der Waals surface area (Å²) < 4.78 is 5.63.